The van der Waals surface area contributed by atoms with Gasteiger partial charge in [0.15, 0.2) is 0 Å². The Bertz CT molecular complexity index is 1270. The third-order valence-corrected chi connectivity index (χ3v) is 6.44. The zero-order valence-electron chi connectivity index (χ0n) is 20.2. The van der Waals surface area contributed by atoms with Crippen molar-refractivity contribution >= 4 is 28.5 Å². The molecule has 182 valence electrons. The lowest BCUT2D eigenvalue weighted by atomic mass is 10.1. The third-order valence-electron chi connectivity index (χ3n) is 6.07. The molecule has 3 aromatic carbocycles. The Hall–Kier alpha value is -3.31. The molecule has 0 radical (unpaired) electrons. The number of fused-ring (bicyclic) bond motifs is 1. The number of halogens is 1. The van der Waals surface area contributed by atoms with Crippen molar-refractivity contribution in [2.75, 3.05) is 13.2 Å². The highest BCUT2D eigenvalue weighted by Gasteiger charge is 2.11. The van der Waals surface area contributed by atoms with E-state index >= 15 is 0 Å². The Morgan fingerprint density at radius 3 is 2.60 bits per heavy atom. The SMILES string of the molecule is Cc1ccccc1OCCCCn1c(CCCNC(=O)Cc2ccccc2Cl)nc2ccccc21. The first kappa shape index (κ1) is 24.8. The topological polar surface area (TPSA) is 56.1 Å². The predicted molar refractivity (Wildman–Crippen MR) is 142 cm³/mol. The van der Waals surface area contributed by atoms with Crippen LogP contribution in [-0.4, -0.2) is 28.6 Å². The Morgan fingerprint density at radius 2 is 1.74 bits per heavy atom. The van der Waals surface area contributed by atoms with Crippen molar-refractivity contribution in [1.29, 1.82) is 0 Å². The molecule has 1 N–H and O–H groups in total. The van der Waals surface area contributed by atoms with Crippen molar-refractivity contribution in [3.63, 3.8) is 0 Å². The molecule has 35 heavy (non-hydrogen) atoms. The number of unbranched alkanes of at least 4 members (excludes halogenated alkanes) is 1. The highest BCUT2D eigenvalue weighted by molar-refractivity contribution is 6.31. The predicted octanol–water partition coefficient (Wildman–Crippen LogP) is 6.15. The van der Waals surface area contributed by atoms with Crippen LogP contribution in [0.25, 0.3) is 11.0 Å². The third kappa shape index (κ3) is 6.86. The Kier molecular flexibility index (Phi) is 8.79. The van der Waals surface area contributed by atoms with Crippen molar-refractivity contribution < 1.29 is 9.53 Å². The minimum Gasteiger partial charge on any atom is -0.493 e. The van der Waals surface area contributed by atoms with Gasteiger partial charge in [0.25, 0.3) is 0 Å². The first-order valence-corrected chi connectivity index (χ1v) is 12.6. The molecular weight excluding hydrogens is 458 g/mol. The number of imidazole rings is 1. The maximum atomic E-state index is 12.3. The van der Waals surface area contributed by atoms with Crippen LogP contribution in [0.2, 0.25) is 5.02 Å². The number of nitrogens with zero attached hydrogens (tertiary/aromatic N) is 2. The van der Waals surface area contributed by atoms with Gasteiger partial charge in [-0.1, -0.05) is 60.1 Å². The number of amides is 1. The molecule has 0 fully saturated rings. The van der Waals surface area contributed by atoms with Gasteiger partial charge in [0.1, 0.15) is 11.6 Å². The summed E-state index contributed by atoms with van der Waals surface area (Å²) >= 11 is 6.17. The number of hydrogen-bond acceptors (Lipinski definition) is 3. The van der Waals surface area contributed by atoms with Gasteiger partial charge in [-0.3, -0.25) is 4.79 Å². The van der Waals surface area contributed by atoms with Crippen LogP contribution < -0.4 is 10.1 Å². The molecule has 6 heteroatoms. The normalized spacial score (nSPS) is 11.0. The first-order valence-electron chi connectivity index (χ1n) is 12.2. The summed E-state index contributed by atoms with van der Waals surface area (Å²) < 4.78 is 8.27. The summed E-state index contributed by atoms with van der Waals surface area (Å²) in [6, 6.07) is 23.8. The highest BCUT2D eigenvalue weighted by Crippen LogP contribution is 2.20. The van der Waals surface area contributed by atoms with Crippen LogP contribution in [0.3, 0.4) is 0 Å². The van der Waals surface area contributed by atoms with Crippen LogP contribution in [0, 0.1) is 6.92 Å². The summed E-state index contributed by atoms with van der Waals surface area (Å²) in [6.45, 7) is 4.27. The van der Waals surface area contributed by atoms with Gasteiger partial charge in [-0.05, 0) is 61.6 Å². The summed E-state index contributed by atoms with van der Waals surface area (Å²) in [7, 11) is 0. The van der Waals surface area contributed by atoms with E-state index in [9.17, 15) is 4.79 Å². The molecule has 0 aliphatic carbocycles. The van der Waals surface area contributed by atoms with Gasteiger partial charge >= 0.3 is 0 Å². The van der Waals surface area contributed by atoms with Crippen molar-refractivity contribution in [1.82, 2.24) is 14.9 Å². The molecule has 1 amide bonds. The zero-order chi connectivity index (χ0) is 24.5. The lowest BCUT2D eigenvalue weighted by Crippen LogP contribution is -2.26. The molecule has 0 unspecified atom stereocenters. The Morgan fingerprint density at radius 1 is 0.971 bits per heavy atom. The maximum absolute atomic E-state index is 12.3. The van der Waals surface area contributed by atoms with Gasteiger partial charge in [-0.25, -0.2) is 4.98 Å². The quantitative estimate of drug-likeness (QED) is 0.243. The Balaban J connectivity index is 1.27. The van der Waals surface area contributed by atoms with E-state index in [4.69, 9.17) is 21.3 Å². The van der Waals surface area contributed by atoms with E-state index in [2.05, 4.69) is 41.1 Å². The molecule has 0 aliphatic heterocycles. The molecular formula is C29H32ClN3O2. The van der Waals surface area contributed by atoms with E-state index in [1.807, 2.05) is 48.5 Å². The number of carbonyl (C=O) groups excluding carboxylic acids is 1. The second-order valence-electron chi connectivity index (χ2n) is 8.71. The summed E-state index contributed by atoms with van der Waals surface area (Å²) in [4.78, 5) is 17.2. The van der Waals surface area contributed by atoms with Gasteiger partial charge in [0.05, 0.1) is 24.1 Å². The highest BCUT2D eigenvalue weighted by atomic mass is 35.5. The van der Waals surface area contributed by atoms with Crippen LogP contribution in [0.5, 0.6) is 5.75 Å². The lowest BCUT2D eigenvalue weighted by Gasteiger charge is -2.11. The molecule has 4 aromatic rings. The minimum atomic E-state index is -0.0137. The zero-order valence-corrected chi connectivity index (χ0v) is 20.9. The largest absolute Gasteiger partial charge is 0.493 e. The van der Waals surface area contributed by atoms with Crippen molar-refractivity contribution in [2.24, 2.45) is 0 Å². The minimum absolute atomic E-state index is 0.0137. The number of aryl methyl sites for hydroxylation is 3. The summed E-state index contributed by atoms with van der Waals surface area (Å²) in [5.41, 5.74) is 4.18. The molecule has 0 saturated carbocycles. The van der Waals surface area contributed by atoms with Crippen molar-refractivity contribution in [3.8, 4) is 5.75 Å². The number of nitrogens with one attached hydrogen (secondary N) is 1. The van der Waals surface area contributed by atoms with E-state index in [-0.39, 0.29) is 5.91 Å². The average Bonchev–Trinajstić information content (AvgIpc) is 3.21. The first-order chi connectivity index (χ1) is 17.1. The van der Waals surface area contributed by atoms with Gasteiger partial charge in [-0.2, -0.15) is 0 Å². The fraction of sp³-hybridized carbons (Fsp3) is 0.310. The number of aromatic nitrogens is 2. The van der Waals surface area contributed by atoms with E-state index in [1.54, 1.807) is 0 Å². The molecule has 0 bridgehead atoms. The van der Waals surface area contributed by atoms with Gasteiger partial charge in [0, 0.05) is 24.5 Å². The van der Waals surface area contributed by atoms with Crippen LogP contribution in [0.1, 0.15) is 36.2 Å². The van der Waals surface area contributed by atoms with E-state index in [0.717, 1.165) is 66.0 Å². The number of ether oxygens (including phenoxy) is 1. The molecule has 0 atom stereocenters. The fourth-order valence-corrected chi connectivity index (χ4v) is 4.39. The second kappa shape index (κ2) is 12.4. The number of carbonyl (C=O) groups is 1. The summed E-state index contributed by atoms with van der Waals surface area (Å²) in [5, 5.41) is 3.64. The van der Waals surface area contributed by atoms with Crippen LogP contribution in [0.4, 0.5) is 0 Å². The fourth-order valence-electron chi connectivity index (χ4n) is 4.19. The molecule has 0 spiro atoms. The van der Waals surface area contributed by atoms with Crippen LogP contribution >= 0.6 is 11.6 Å². The van der Waals surface area contributed by atoms with Crippen molar-refractivity contribution in [2.45, 2.75) is 45.6 Å². The van der Waals surface area contributed by atoms with Crippen LogP contribution in [-0.2, 0) is 24.2 Å². The van der Waals surface area contributed by atoms with Crippen molar-refractivity contribution in [3.05, 3.63) is 94.8 Å². The van der Waals surface area contributed by atoms with Gasteiger partial charge in [0.2, 0.25) is 5.91 Å². The monoisotopic (exact) mass is 489 g/mol. The van der Waals surface area contributed by atoms with Gasteiger partial charge < -0.3 is 14.6 Å². The summed E-state index contributed by atoms with van der Waals surface area (Å²) in [6.07, 6.45) is 3.91. The second-order valence-corrected chi connectivity index (χ2v) is 9.12. The average molecular weight is 490 g/mol. The lowest BCUT2D eigenvalue weighted by molar-refractivity contribution is -0.120. The number of hydrogen-bond donors (Lipinski definition) is 1. The van der Waals surface area contributed by atoms with Crippen LogP contribution in [0.15, 0.2) is 72.8 Å². The van der Waals surface area contributed by atoms with E-state index < -0.39 is 0 Å². The number of para-hydroxylation sites is 3. The molecule has 4 rings (SSSR count). The molecule has 1 heterocycles. The molecule has 5 nitrogen and oxygen atoms in total. The Labute approximate surface area is 212 Å². The van der Waals surface area contributed by atoms with E-state index in [0.29, 0.717) is 24.6 Å². The molecule has 0 saturated heterocycles. The molecule has 1 aromatic heterocycles. The molecule has 0 aliphatic rings. The smallest absolute Gasteiger partial charge is 0.224 e. The number of rotatable bonds is 12. The standard InChI is InChI=1S/C29H32ClN3O2/c1-22-11-2-7-16-27(22)35-20-9-8-19-33-26-15-6-5-14-25(26)32-28(33)17-10-18-31-29(34)21-23-12-3-4-13-24(23)30/h2-7,11-16H,8-10,17-21H2,1H3,(H,31,34). The maximum Gasteiger partial charge on any atom is 0.224 e. The van der Waals surface area contributed by atoms with Gasteiger partial charge in [-0.15, -0.1) is 0 Å². The summed E-state index contributed by atoms with van der Waals surface area (Å²) in [5.74, 6) is 2.00. The van der Waals surface area contributed by atoms with E-state index in [1.165, 1.54) is 0 Å². The number of benzene rings is 3.